The first kappa shape index (κ1) is 17.8. The van der Waals surface area contributed by atoms with Crippen molar-refractivity contribution in [1.82, 2.24) is 5.32 Å². The van der Waals surface area contributed by atoms with Crippen LogP contribution in [0.4, 0.5) is 0 Å². The number of methoxy groups -OCH3 is 2. The number of hydrogen-bond donors (Lipinski definition) is 2. The second kappa shape index (κ2) is 8.87. The second-order valence-corrected chi connectivity index (χ2v) is 5.53. The molecule has 5 heteroatoms. The standard InChI is InChI=1S/C16H27NO4/c1-16(2,18)8-10-21-15-13(12-17-9-11-19-3)6-5-7-14(15)20-4/h5-7,17-18H,8-12H2,1-4H3. The van der Waals surface area contributed by atoms with E-state index in [1.54, 1.807) is 28.1 Å². The average molecular weight is 297 g/mol. The molecule has 2 N–H and O–H groups in total. The van der Waals surface area contributed by atoms with Crippen LogP contribution in [0.25, 0.3) is 0 Å². The maximum atomic E-state index is 9.75. The smallest absolute Gasteiger partial charge is 0.165 e. The van der Waals surface area contributed by atoms with E-state index >= 15 is 0 Å². The highest BCUT2D eigenvalue weighted by Gasteiger charge is 2.15. The minimum Gasteiger partial charge on any atom is -0.493 e. The predicted molar refractivity (Wildman–Crippen MR) is 83.0 cm³/mol. The topological polar surface area (TPSA) is 60.0 Å². The Labute approximate surface area is 127 Å². The van der Waals surface area contributed by atoms with Gasteiger partial charge in [0, 0.05) is 32.2 Å². The highest BCUT2D eigenvalue weighted by Crippen LogP contribution is 2.31. The van der Waals surface area contributed by atoms with Crippen LogP contribution in [0.2, 0.25) is 0 Å². The molecule has 1 rings (SSSR count). The van der Waals surface area contributed by atoms with Crippen molar-refractivity contribution in [1.29, 1.82) is 0 Å². The van der Waals surface area contributed by atoms with Crippen LogP contribution >= 0.6 is 0 Å². The van der Waals surface area contributed by atoms with Crippen LogP contribution in [-0.2, 0) is 11.3 Å². The third-order valence-corrected chi connectivity index (χ3v) is 3.04. The zero-order chi connectivity index (χ0) is 15.7. The van der Waals surface area contributed by atoms with Gasteiger partial charge in [0.2, 0.25) is 0 Å². The lowest BCUT2D eigenvalue weighted by Gasteiger charge is -2.19. The molecule has 0 aliphatic heterocycles. The molecule has 21 heavy (non-hydrogen) atoms. The van der Waals surface area contributed by atoms with Crippen LogP contribution in [0.15, 0.2) is 18.2 Å². The molecule has 0 saturated heterocycles. The zero-order valence-corrected chi connectivity index (χ0v) is 13.4. The fourth-order valence-corrected chi connectivity index (χ4v) is 1.83. The van der Waals surface area contributed by atoms with E-state index in [0.29, 0.717) is 31.9 Å². The van der Waals surface area contributed by atoms with Crippen molar-refractivity contribution in [2.45, 2.75) is 32.4 Å². The minimum atomic E-state index is -0.737. The molecule has 0 saturated carbocycles. The number of rotatable bonds is 10. The van der Waals surface area contributed by atoms with Gasteiger partial charge in [0.25, 0.3) is 0 Å². The monoisotopic (exact) mass is 297 g/mol. The molecule has 0 aliphatic carbocycles. The Hall–Kier alpha value is -1.30. The van der Waals surface area contributed by atoms with Crippen LogP contribution in [0.5, 0.6) is 11.5 Å². The Kier molecular flexibility index (Phi) is 7.50. The van der Waals surface area contributed by atoms with E-state index in [2.05, 4.69) is 5.32 Å². The van der Waals surface area contributed by atoms with Gasteiger partial charge in [0.05, 0.1) is 25.9 Å². The Morgan fingerprint density at radius 1 is 1.19 bits per heavy atom. The average Bonchev–Trinajstić information content (AvgIpc) is 2.43. The number of hydrogen-bond acceptors (Lipinski definition) is 5. The van der Waals surface area contributed by atoms with E-state index in [4.69, 9.17) is 14.2 Å². The maximum absolute atomic E-state index is 9.75. The minimum absolute atomic E-state index is 0.439. The third kappa shape index (κ3) is 6.80. The normalized spacial score (nSPS) is 11.5. The van der Waals surface area contributed by atoms with Gasteiger partial charge in [-0.05, 0) is 19.9 Å². The van der Waals surface area contributed by atoms with E-state index in [1.165, 1.54) is 0 Å². The summed E-state index contributed by atoms with van der Waals surface area (Å²) in [5.74, 6) is 1.44. The molecule has 0 radical (unpaired) electrons. The molecule has 0 unspecified atom stereocenters. The van der Waals surface area contributed by atoms with Crippen LogP contribution in [0.3, 0.4) is 0 Å². The van der Waals surface area contributed by atoms with Crippen LogP contribution in [-0.4, -0.2) is 44.7 Å². The molecule has 0 atom stereocenters. The molecule has 0 heterocycles. The van der Waals surface area contributed by atoms with Crippen molar-refractivity contribution in [3.63, 3.8) is 0 Å². The number of benzene rings is 1. The molecule has 0 aliphatic rings. The SMILES string of the molecule is COCCNCc1cccc(OC)c1OCCC(C)(C)O. The molecule has 5 nitrogen and oxygen atoms in total. The van der Waals surface area contributed by atoms with Crippen LogP contribution in [0, 0.1) is 0 Å². The Morgan fingerprint density at radius 2 is 1.95 bits per heavy atom. The first-order chi connectivity index (χ1) is 9.98. The van der Waals surface area contributed by atoms with Crippen molar-refractivity contribution in [2.75, 3.05) is 34.0 Å². The lowest BCUT2D eigenvalue weighted by molar-refractivity contribution is 0.0547. The van der Waals surface area contributed by atoms with Gasteiger partial charge in [0.1, 0.15) is 0 Å². The summed E-state index contributed by atoms with van der Waals surface area (Å²) >= 11 is 0. The van der Waals surface area contributed by atoms with E-state index < -0.39 is 5.60 Å². The summed E-state index contributed by atoms with van der Waals surface area (Å²) in [5.41, 5.74) is 0.292. The molecule has 0 amide bonds. The molecule has 1 aromatic rings. The fraction of sp³-hybridized carbons (Fsp3) is 0.625. The van der Waals surface area contributed by atoms with Crippen molar-refractivity contribution >= 4 is 0 Å². The second-order valence-electron chi connectivity index (χ2n) is 5.53. The van der Waals surface area contributed by atoms with Gasteiger partial charge in [-0.15, -0.1) is 0 Å². The zero-order valence-electron chi connectivity index (χ0n) is 13.4. The summed E-state index contributed by atoms with van der Waals surface area (Å²) in [4.78, 5) is 0. The lowest BCUT2D eigenvalue weighted by Crippen LogP contribution is -2.22. The number of nitrogens with one attached hydrogen (secondary N) is 1. The Morgan fingerprint density at radius 3 is 2.57 bits per heavy atom. The Balaban J connectivity index is 2.68. The molecule has 1 aromatic carbocycles. The Bertz CT molecular complexity index is 415. The van der Waals surface area contributed by atoms with Crippen LogP contribution in [0.1, 0.15) is 25.8 Å². The number of aliphatic hydroxyl groups is 1. The van der Waals surface area contributed by atoms with Crippen molar-refractivity contribution < 1.29 is 19.3 Å². The fourth-order valence-electron chi connectivity index (χ4n) is 1.83. The largest absolute Gasteiger partial charge is 0.493 e. The van der Waals surface area contributed by atoms with E-state index in [9.17, 15) is 5.11 Å². The number of para-hydroxylation sites is 1. The first-order valence-corrected chi connectivity index (χ1v) is 7.18. The molecule has 120 valence electrons. The molecule has 0 fully saturated rings. The first-order valence-electron chi connectivity index (χ1n) is 7.18. The predicted octanol–water partition coefficient (Wildman–Crippen LogP) is 1.97. The molecule has 0 bridgehead atoms. The van der Waals surface area contributed by atoms with Gasteiger partial charge < -0.3 is 24.6 Å². The van der Waals surface area contributed by atoms with Crippen molar-refractivity contribution in [3.05, 3.63) is 23.8 Å². The maximum Gasteiger partial charge on any atom is 0.165 e. The summed E-state index contributed by atoms with van der Waals surface area (Å²) < 4.78 is 16.2. The summed E-state index contributed by atoms with van der Waals surface area (Å²) in [6.45, 7) is 6.10. The molecule has 0 spiro atoms. The summed E-state index contributed by atoms with van der Waals surface area (Å²) in [6, 6.07) is 5.81. The van der Waals surface area contributed by atoms with Gasteiger partial charge >= 0.3 is 0 Å². The molecular formula is C16H27NO4. The summed E-state index contributed by atoms with van der Waals surface area (Å²) in [5, 5.41) is 13.0. The van der Waals surface area contributed by atoms with E-state index in [0.717, 1.165) is 17.9 Å². The number of ether oxygens (including phenoxy) is 3. The molecule has 0 aromatic heterocycles. The summed E-state index contributed by atoms with van der Waals surface area (Å²) in [6.07, 6.45) is 0.557. The highest BCUT2D eigenvalue weighted by atomic mass is 16.5. The quantitative estimate of drug-likeness (QED) is 0.647. The van der Waals surface area contributed by atoms with E-state index in [-0.39, 0.29) is 0 Å². The van der Waals surface area contributed by atoms with Crippen LogP contribution < -0.4 is 14.8 Å². The van der Waals surface area contributed by atoms with Crippen molar-refractivity contribution in [2.24, 2.45) is 0 Å². The van der Waals surface area contributed by atoms with Gasteiger partial charge in [-0.3, -0.25) is 0 Å². The van der Waals surface area contributed by atoms with Crippen molar-refractivity contribution in [3.8, 4) is 11.5 Å². The molecular weight excluding hydrogens is 270 g/mol. The third-order valence-electron chi connectivity index (χ3n) is 3.04. The van der Waals surface area contributed by atoms with E-state index in [1.807, 2.05) is 18.2 Å². The van der Waals surface area contributed by atoms with Gasteiger partial charge in [-0.25, -0.2) is 0 Å². The summed E-state index contributed by atoms with van der Waals surface area (Å²) in [7, 11) is 3.30. The lowest BCUT2D eigenvalue weighted by atomic mass is 10.1. The highest BCUT2D eigenvalue weighted by molar-refractivity contribution is 5.46. The van der Waals surface area contributed by atoms with Gasteiger partial charge in [0.15, 0.2) is 11.5 Å². The van der Waals surface area contributed by atoms with Gasteiger partial charge in [-0.1, -0.05) is 12.1 Å². The van der Waals surface area contributed by atoms with Gasteiger partial charge in [-0.2, -0.15) is 0 Å².